The summed E-state index contributed by atoms with van der Waals surface area (Å²) < 4.78 is 20.6. The van der Waals surface area contributed by atoms with Gasteiger partial charge in [0, 0.05) is 0 Å². The first-order valence-corrected chi connectivity index (χ1v) is 3.66. The molecule has 0 aromatic heterocycles. The molecule has 0 aromatic rings. The number of nitrogens with zero attached hydrogens (tertiary/aromatic N) is 1. The molecule has 0 bridgehead atoms. The molecule has 0 atom stereocenters. The average Bonchev–Trinajstić information content (AvgIpc) is 1.65. The fourth-order valence-electron chi connectivity index (χ4n) is 0.292. The highest BCUT2D eigenvalue weighted by molar-refractivity contribution is 7.93. The molecule has 0 fully saturated rings. The molecule has 0 saturated carbocycles. The van der Waals surface area contributed by atoms with E-state index < -0.39 is 14.9 Å². The van der Waals surface area contributed by atoms with Gasteiger partial charge in [-0.15, -0.1) is 0 Å². The standard InChI is InChI=1S/C4H6N2O2S/c1-2-4(3-5)9(6,7)8/h2H,1H3,(H2,6,7,8)/b4-2+. The summed E-state index contributed by atoms with van der Waals surface area (Å²) in [6, 6.07) is 1.44. The maximum atomic E-state index is 10.3. The van der Waals surface area contributed by atoms with E-state index in [1.807, 2.05) is 0 Å². The van der Waals surface area contributed by atoms with Gasteiger partial charge >= 0.3 is 0 Å². The number of rotatable bonds is 1. The first-order valence-electron chi connectivity index (χ1n) is 2.11. The lowest BCUT2D eigenvalue weighted by Gasteiger charge is -1.88. The first kappa shape index (κ1) is 8.14. The quantitative estimate of drug-likeness (QED) is 0.515. The smallest absolute Gasteiger partial charge is 0.224 e. The number of nitrogens with two attached hydrogens (primary N) is 1. The Balaban J connectivity index is 4.85. The van der Waals surface area contributed by atoms with Crippen molar-refractivity contribution in [1.29, 1.82) is 5.26 Å². The van der Waals surface area contributed by atoms with Gasteiger partial charge in [0.1, 0.15) is 6.07 Å². The highest BCUT2D eigenvalue weighted by Gasteiger charge is 2.07. The highest BCUT2D eigenvalue weighted by atomic mass is 32.2. The Morgan fingerprint density at radius 1 is 1.78 bits per heavy atom. The van der Waals surface area contributed by atoms with Gasteiger partial charge in [0.05, 0.1) is 0 Å². The maximum absolute atomic E-state index is 10.3. The second-order valence-corrected chi connectivity index (χ2v) is 2.84. The van der Waals surface area contributed by atoms with Crippen LogP contribution in [-0.2, 0) is 10.0 Å². The number of hydrogen-bond donors (Lipinski definition) is 1. The van der Waals surface area contributed by atoms with Gasteiger partial charge in [-0.05, 0) is 6.92 Å². The molecule has 0 aliphatic rings. The Bertz CT molecular complexity index is 257. The number of sulfonamides is 1. The Labute approximate surface area is 53.6 Å². The van der Waals surface area contributed by atoms with Crippen LogP contribution in [-0.4, -0.2) is 8.42 Å². The van der Waals surface area contributed by atoms with Crippen LogP contribution in [0.15, 0.2) is 11.0 Å². The normalized spacial score (nSPS) is 12.8. The molecule has 0 aliphatic carbocycles. The molecule has 0 heterocycles. The van der Waals surface area contributed by atoms with Crippen LogP contribution in [0.2, 0.25) is 0 Å². The van der Waals surface area contributed by atoms with Crippen molar-refractivity contribution in [2.24, 2.45) is 5.14 Å². The average molecular weight is 146 g/mol. The van der Waals surface area contributed by atoms with Crippen molar-refractivity contribution in [3.63, 3.8) is 0 Å². The van der Waals surface area contributed by atoms with Gasteiger partial charge in [-0.3, -0.25) is 0 Å². The molecule has 0 radical (unpaired) electrons. The van der Waals surface area contributed by atoms with Gasteiger partial charge in [-0.1, -0.05) is 6.08 Å². The maximum Gasteiger partial charge on any atom is 0.247 e. The van der Waals surface area contributed by atoms with Crippen molar-refractivity contribution in [2.75, 3.05) is 0 Å². The molecule has 50 valence electrons. The molecule has 0 unspecified atom stereocenters. The summed E-state index contributed by atoms with van der Waals surface area (Å²) in [4.78, 5) is -0.400. The van der Waals surface area contributed by atoms with Crippen LogP contribution in [0.1, 0.15) is 6.92 Å². The number of allylic oxidation sites excluding steroid dienone is 2. The molecule has 0 saturated heterocycles. The zero-order valence-electron chi connectivity index (χ0n) is 4.83. The molecular formula is C4H6N2O2S. The van der Waals surface area contributed by atoms with E-state index in [0.717, 1.165) is 6.08 Å². The van der Waals surface area contributed by atoms with Gasteiger partial charge in [-0.25, -0.2) is 13.6 Å². The zero-order valence-corrected chi connectivity index (χ0v) is 5.64. The van der Waals surface area contributed by atoms with Crippen molar-refractivity contribution in [3.05, 3.63) is 11.0 Å². The Hall–Kier alpha value is -0.860. The summed E-state index contributed by atoms with van der Waals surface area (Å²) in [5, 5.41) is 12.7. The third-order valence-corrected chi connectivity index (χ3v) is 1.62. The fourth-order valence-corrected chi connectivity index (χ4v) is 0.748. The number of hydrogen-bond acceptors (Lipinski definition) is 3. The molecule has 4 nitrogen and oxygen atoms in total. The summed E-state index contributed by atoms with van der Waals surface area (Å²) in [7, 11) is -3.77. The van der Waals surface area contributed by atoms with E-state index in [4.69, 9.17) is 5.26 Å². The molecule has 0 aliphatic heterocycles. The minimum atomic E-state index is -3.77. The van der Waals surface area contributed by atoms with Crippen LogP contribution in [0.5, 0.6) is 0 Å². The first-order chi connectivity index (χ1) is 4.02. The third kappa shape index (κ3) is 2.26. The van der Waals surface area contributed by atoms with Crippen LogP contribution in [0.25, 0.3) is 0 Å². The van der Waals surface area contributed by atoms with Gasteiger partial charge in [0.15, 0.2) is 4.91 Å². The van der Waals surface area contributed by atoms with E-state index in [9.17, 15) is 8.42 Å². The number of nitriles is 1. The molecule has 5 heteroatoms. The molecule has 2 N–H and O–H groups in total. The van der Waals surface area contributed by atoms with Crippen molar-refractivity contribution >= 4 is 10.0 Å². The summed E-state index contributed by atoms with van der Waals surface area (Å²) in [5.41, 5.74) is 0. The molecule has 9 heavy (non-hydrogen) atoms. The van der Waals surface area contributed by atoms with E-state index in [1.165, 1.54) is 13.0 Å². The van der Waals surface area contributed by atoms with Crippen molar-refractivity contribution in [2.45, 2.75) is 6.92 Å². The fraction of sp³-hybridized carbons (Fsp3) is 0.250. The predicted octanol–water partition coefficient (Wildman–Crippen LogP) is -0.298. The summed E-state index contributed by atoms with van der Waals surface area (Å²) in [6.07, 6.45) is 1.15. The molecule has 0 amide bonds. The Morgan fingerprint density at radius 3 is 2.22 bits per heavy atom. The third-order valence-electron chi connectivity index (χ3n) is 0.679. The van der Waals surface area contributed by atoms with Gasteiger partial charge < -0.3 is 0 Å². The van der Waals surface area contributed by atoms with E-state index in [-0.39, 0.29) is 0 Å². The van der Waals surface area contributed by atoms with Gasteiger partial charge in [0.25, 0.3) is 0 Å². The highest BCUT2D eigenvalue weighted by Crippen LogP contribution is 1.96. The molecular weight excluding hydrogens is 140 g/mol. The van der Waals surface area contributed by atoms with Gasteiger partial charge in [0.2, 0.25) is 10.0 Å². The lowest BCUT2D eigenvalue weighted by Crippen LogP contribution is -2.13. The Kier molecular flexibility index (Phi) is 2.37. The summed E-state index contributed by atoms with van der Waals surface area (Å²) >= 11 is 0. The second kappa shape index (κ2) is 2.62. The van der Waals surface area contributed by atoms with E-state index in [2.05, 4.69) is 5.14 Å². The summed E-state index contributed by atoms with van der Waals surface area (Å²) in [6.45, 7) is 1.43. The SMILES string of the molecule is C/C=C(\C#N)S(N)(=O)=O. The monoisotopic (exact) mass is 146 g/mol. The molecule has 0 spiro atoms. The molecule has 0 aromatic carbocycles. The van der Waals surface area contributed by atoms with Crippen molar-refractivity contribution < 1.29 is 8.42 Å². The summed E-state index contributed by atoms with van der Waals surface area (Å²) in [5.74, 6) is 0. The van der Waals surface area contributed by atoms with E-state index in [0.29, 0.717) is 0 Å². The van der Waals surface area contributed by atoms with E-state index >= 15 is 0 Å². The van der Waals surface area contributed by atoms with Crippen LogP contribution in [0.3, 0.4) is 0 Å². The predicted molar refractivity (Wildman–Crippen MR) is 32.5 cm³/mol. The second-order valence-electron chi connectivity index (χ2n) is 1.31. The lowest BCUT2D eigenvalue weighted by molar-refractivity contribution is 0.604. The minimum Gasteiger partial charge on any atom is -0.224 e. The zero-order chi connectivity index (χ0) is 7.49. The van der Waals surface area contributed by atoms with Gasteiger partial charge in [-0.2, -0.15) is 5.26 Å². The Morgan fingerprint density at radius 2 is 2.22 bits per heavy atom. The van der Waals surface area contributed by atoms with Crippen LogP contribution in [0, 0.1) is 11.3 Å². The minimum absolute atomic E-state index is 0.400. The van der Waals surface area contributed by atoms with Crippen molar-refractivity contribution in [1.82, 2.24) is 0 Å². The number of primary sulfonamides is 1. The van der Waals surface area contributed by atoms with Crippen LogP contribution in [0.4, 0.5) is 0 Å². The van der Waals surface area contributed by atoms with Crippen molar-refractivity contribution in [3.8, 4) is 6.07 Å². The van der Waals surface area contributed by atoms with E-state index in [1.54, 1.807) is 0 Å². The van der Waals surface area contributed by atoms with Crippen LogP contribution >= 0.6 is 0 Å². The topological polar surface area (TPSA) is 83.9 Å². The largest absolute Gasteiger partial charge is 0.247 e. The van der Waals surface area contributed by atoms with Crippen LogP contribution < -0.4 is 5.14 Å². The lowest BCUT2D eigenvalue weighted by atomic mass is 10.6. The molecule has 0 rings (SSSR count).